The summed E-state index contributed by atoms with van der Waals surface area (Å²) in [4.78, 5) is 40.2. The summed E-state index contributed by atoms with van der Waals surface area (Å²) in [5, 5.41) is 2.85. The van der Waals surface area contributed by atoms with Crippen molar-refractivity contribution in [3.63, 3.8) is 0 Å². The smallest absolute Gasteiger partial charge is 0.410 e. The van der Waals surface area contributed by atoms with Crippen LogP contribution >= 0.6 is 0 Å². The lowest BCUT2D eigenvalue weighted by Gasteiger charge is -2.29. The average Bonchev–Trinajstić information content (AvgIpc) is 3.39. The Morgan fingerprint density at radius 3 is 1.97 bits per heavy atom. The molecule has 3 amide bonds. The van der Waals surface area contributed by atoms with Gasteiger partial charge < -0.3 is 15.8 Å². The Balaban J connectivity index is 1.51. The topological polar surface area (TPSA) is 102 Å². The molecule has 3 N–H and O–H groups in total. The molecular weight excluding hydrogens is 442 g/mol. The van der Waals surface area contributed by atoms with Crippen molar-refractivity contribution in [1.29, 1.82) is 0 Å². The van der Waals surface area contributed by atoms with Crippen LogP contribution in [0.5, 0.6) is 0 Å². The molecule has 0 bridgehead atoms. The minimum atomic E-state index is -0.991. The number of rotatable bonds is 8. The van der Waals surface area contributed by atoms with Gasteiger partial charge in [-0.05, 0) is 29.5 Å². The number of likely N-dealkylation sites (tertiary alicyclic amines) is 1. The first kappa shape index (κ1) is 24.0. The number of amides is 3. The van der Waals surface area contributed by atoms with Crippen molar-refractivity contribution in [2.24, 2.45) is 5.73 Å². The minimum absolute atomic E-state index is 0.124. The summed E-state index contributed by atoms with van der Waals surface area (Å²) in [7, 11) is 0. The molecule has 1 saturated heterocycles. The summed E-state index contributed by atoms with van der Waals surface area (Å²) in [5.74, 6) is -1.54. The van der Waals surface area contributed by atoms with Crippen LogP contribution in [-0.4, -0.2) is 41.4 Å². The second-order valence-corrected chi connectivity index (χ2v) is 8.58. The van der Waals surface area contributed by atoms with Crippen molar-refractivity contribution in [2.75, 3.05) is 6.54 Å². The quantitative estimate of drug-likeness (QED) is 0.524. The van der Waals surface area contributed by atoms with Crippen LogP contribution in [0.1, 0.15) is 35.4 Å². The molecule has 1 aliphatic rings. The van der Waals surface area contributed by atoms with Crippen molar-refractivity contribution in [3.8, 4) is 0 Å². The second-order valence-electron chi connectivity index (χ2n) is 8.58. The first-order valence-corrected chi connectivity index (χ1v) is 11.7. The van der Waals surface area contributed by atoms with Crippen LogP contribution in [0.2, 0.25) is 0 Å². The highest BCUT2D eigenvalue weighted by Crippen LogP contribution is 2.29. The minimum Gasteiger partial charge on any atom is -0.445 e. The lowest BCUT2D eigenvalue weighted by atomic mass is 9.84. The molecule has 0 aliphatic carbocycles. The van der Waals surface area contributed by atoms with Gasteiger partial charge in [-0.3, -0.25) is 14.5 Å². The van der Waals surface area contributed by atoms with E-state index in [-0.39, 0.29) is 6.61 Å². The van der Waals surface area contributed by atoms with Gasteiger partial charge in [0, 0.05) is 12.5 Å². The third-order valence-corrected chi connectivity index (χ3v) is 6.25. The van der Waals surface area contributed by atoms with E-state index in [2.05, 4.69) is 5.32 Å². The van der Waals surface area contributed by atoms with Gasteiger partial charge in [0.05, 0.1) is 0 Å². The molecule has 0 saturated carbocycles. The number of nitrogens with two attached hydrogens (primary N) is 1. The molecule has 0 spiro atoms. The lowest BCUT2D eigenvalue weighted by Crippen LogP contribution is -2.54. The molecule has 3 aromatic rings. The number of nitrogens with zero attached hydrogens (tertiary/aromatic N) is 1. The molecule has 1 fully saturated rings. The Kier molecular flexibility index (Phi) is 7.77. The van der Waals surface area contributed by atoms with Gasteiger partial charge >= 0.3 is 6.09 Å². The van der Waals surface area contributed by atoms with Crippen LogP contribution in [-0.2, 0) is 20.9 Å². The summed E-state index contributed by atoms with van der Waals surface area (Å²) in [6.07, 6.45) is 0.601. The molecule has 7 nitrogen and oxygen atoms in total. The molecule has 0 unspecified atom stereocenters. The zero-order chi connectivity index (χ0) is 24.6. The van der Waals surface area contributed by atoms with E-state index in [1.165, 1.54) is 4.90 Å². The number of carbonyl (C=O) groups is 3. The third kappa shape index (κ3) is 5.87. The van der Waals surface area contributed by atoms with Gasteiger partial charge in [-0.25, -0.2) is 4.79 Å². The van der Waals surface area contributed by atoms with Crippen LogP contribution in [0, 0.1) is 0 Å². The predicted molar refractivity (Wildman–Crippen MR) is 132 cm³/mol. The van der Waals surface area contributed by atoms with Gasteiger partial charge in [-0.2, -0.15) is 0 Å². The van der Waals surface area contributed by atoms with Crippen LogP contribution in [0.3, 0.4) is 0 Å². The van der Waals surface area contributed by atoms with Crippen molar-refractivity contribution < 1.29 is 19.1 Å². The van der Waals surface area contributed by atoms with Crippen molar-refractivity contribution in [1.82, 2.24) is 10.2 Å². The molecule has 3 aromatic carbocycles. The van der Waals surface area contributed by atoms with E-state index < -0.39 is 35.9 Å². The number of hydrogen-bond donors (Lipinski definition) is 2. The molecule has 180 valence electrons. The lowest BCUT2D eigenvalue weighted by molar-refractivity contribution is -0.130. The average molecular weight is 472 g/mol. The van der Waals surface area contributed by atoms with Crippen LogP contribution in [0.25, 0.3) is 0 Å². The molecule has 1 aliphatic heterocycles. The SMILES string of the molecule is NC(=O)[C@H](NC(=O)[C@H]1CCCN1C(=O)OCc1ccccc1)C(c1ccccc1)c1ccccc1. The summed E-state index contributed by atoms with van der Waals surface area (Å²) < 4.78 is 5.45. The number of benzene rings is 3. The zero-order valence-corrected chi connectivity index (χ0v) is 19.4. The Labute approximate surface area is 204 Å². The van der Waals surface area contributed by atoms with E-state index in [4.69, 9.17) is 10.5 Å². The maximum atomic E-state index is 13.3. The van der Waals surface area contributed by atoms with E-state index >= 15 is 0 Å². The van der Waals surface area contributed by atoms with Crippen molar-refractivity contribution >= 4 is 17.9 Å². The first-order valence-electron chi connectivity index (χ1n) is 11.7. The number of carbonyl (C=O) groups excluding carboxylic acids is 3. The van der Waals surface area contributed by atoms with Crippen molar-refractivity contribution in [2.45, 2.75) is 37.5 Å². The molecule has 7 heteroatoms. The molecule has 1 heterocycles. The maximum absolute atomic E-state index is 13.3. The van der Waals surface area contributed by atoms with Gasteiger partial charge in [-0.15, -0.1) is 0 Å². The van der Waals surface area contributed by atoms with Gasteiger partial charge in [0.1, 0.15) is 18.7 Å². The Morgan fingerprint density at radius 2 is 1.43 bits per heavy atom. The van der Waals surface area contributed by atoms with Gasteiger partial charge in [-0.1, -0.05) is 91.0 Å². The number of ether oxygens (including phenoxy) is 1. The molecular formula is C28H29N3O4. The fraction of sp³-hybridized carbons (Fsp3) is 0.250. The Morgan fingerprint density at radius 1 is 0.886 bits per heavy atom. The highest BCUT2D eigenvalue weighted by molar-refractivity contribution is 5.92. The first-order chi connectivity index (χ1) is 17.0. The third-order valence-electron chi connectivity index (χ3n) is 6.25. The normalized spacial score (nSPS) is 16.0. The number of nitrogens with one attached hydrogen (secondary N) is 1. The molecule has 35 heavy (non-hydrogen) atoms. The maximum Gasteiger partial charge on any atom is 0.410 e. The standard InChI is InChI=1S/C28H29N3O4/c29-26(32)25(24(21-13-6-2-7-14-21)22-15-8-3-9-16-22)30-27(33)23-17-10-18-31(23)28(34)35-19-20-11-4-1-5-12-20/h1-9,11-16,23-25H,10,17-19H2,(H2,29,32)(H,30,33)/t23-,25-/m1/s1. The van der Waals surface area contributed by atoms with Gasteiger partial charge in [0.2, 0.25) is 11.8 Å². The Bertz CT molecular complexity index is 1100. The number of primary amides is 1. The van der Waals surface area contributed by atoms with Crippen LogP contribution in [0.4, 0.5) is 4.79 Å². The Hall–Kier alpha value is -4.13. The van der Waals surface area contributed by atoms with Gasteiger partial charge in [0.15, 0.2) is 0 Å². The molecule has 2 atom stereocenters. The summed E-state index contributed by atoms with van der Waals surface area (Å²) >= 11 is 0. The van der Waals surface area contributed by atoms with E-state index in [1.807, 2.05) is 91.0 Å². The van der Waals surface area contributed by atoms with E-state index in [9.17, 15) is 14.4 Å². The summed E-state index contributed by atoms with van der Waals surface area (Å²) in [6, 6.07) is 26.6. The monoisotopic (exact) mass is 471 g/mol. The molecule has 0 radical (unpaired) electrons. The summed E-state index contributed by atoms with van der Waals surface area (Å²) in [5.41, 5.74) is 8.38. The van der Waals surface area contributed by atoms with Crippen molar-refractivity contribution in [3.05, 3.63) is 108 Å². The fourth-order valence-corrected chi connectivity index (χ4v) is 4.53. The van der Waals surface area contributed by atoms with Crippen LogP contribution < -0.4 is 11.1 Å². The van der Waals surface area contributed by atoms with E-state index in [0.717, 1.165) is 16.7 Å². The predicted octanol–water partition coefficient (Wildman–Crippen LogP) is 3.59. The van der Waals surface area contributed by atoms with Crippen LogP contribution in [0.15, 0.2) is 91.0 Å². The second kappa shape index (κ2) is 11.3. The fourth-order valence-electron chi connectivity index (χ4n) is 4.53. The largest absolute Gasteiger partial charge is 0.445 e. The summed E-state index contributed by atoms with van der Waals surface area (Å²) in [6.45, 7) is 0.534. The van der Waals surface area contributed by atoms with Gasteiger partial charge in [0.25, 0.3) is 0 Å². The number of hydrogen-bond acceptors (Lipinski definition) is 4. The molecule has 0 aromatic heterocycles. The molecule has 4 rings (SSSR count). The highest BCUT2D eigenvalue weighted by Gasteiger charge is 2.38. The van der Waals surface area contributed by atoms with E-state index in [1.54, 1.807) is 0 Å². The van der Waals surface area contributed by atoms with E-state index in [0.29, 0.717) is 19.4 Å². The zero-order valence-electron chi connectivity index (χ0n) is 19.4. The highest BCUT2D eigenvalue weighted by atomic mass is 16.6.